The van der Waals surface area contributed by atoms with Gasteiger partial charge in [0, 0.05) is 17.9 Å². The summed E-state index contributed by atoms with van der Waals surface area (Å²) in [7, 11) is 3.20. The van der Waals surface area contributed by atoms with E-state index in [1.54, 1.807) is 14.2 Å². The summed E-state index contributed by atoms with van der Waals surface area (Å²) in [5, 5.41) is 12.1. The number of carboxylic acid groups (broad SMARTS) is 1. The fraction of sp³-hybridized carbons (Fsp3) is 0.600. The van der Waals surface area contributed by atoms with Crippen LogP contribution in [0.1, 0.15) is 45.1 Å². The lowest BCUT2D eigenvalue weighted by Crippen LogP contribution is -2.41. The number of amides is 1. The van der Waals surface area contributed by atoms with Gasteiger partial charge in [0.15, 0.2) is 11.5 Å². The van der Waals surface area contributed by atoms with E-state index < -0.39 is 5.97 Å². The van der Waals surface area contributed by atoms with E-state index in [1.165, 1.54) is 0 Å². The van der Waals surface area contributed by atoms with Gasteiger partial charge >= 0.3 is 5.97 Å². The zero-order valence-corrected chi connectivity index (χ0v) is 16.0. The highest BCUT2D eigenvalue weighted by Gasteiger charge is 2.31. The summed E-state index contributed by atoms with van der Waals surface area (Å²) in [6.07, 6.45) is 2.43. The Bertz CT molecular complexity index is 648. The fourth-order valence-electron chi connectivity index (χ4n) is 3.41. The third-order valence-electron chi connectivity index (χ3n) is 5.32. The van der Waals surface area contributed by atoms with Crippen molar-refractivity contribution < 1.29 is 24.2 Å². The number of aliphatic carboxylic acids is 1. The molecule has 1 saturated carbocycles. The largest absolute Gasteiger partial charge is 0.493 e. The minimum absolute atomic E-state index is 0.0161. The van der Waals surface area contributed by atoms with Gasteiger partial charge in [-0.05, 0) is 43.4 Å². The van der Waals surface area contributed by atoms with E-state index in [-0.39, 0.29) is 23.2 Å². The van der Waals surface area contributed by atoms with Crippen molar-refractivity contribution in [3.05, 3.63) is 23.8 Å². The second-order valence-electron chi connectivity index (χ2n) is 7.56. The molecule has 0 bridgehead atoms. The number of hydrogen-bond donors (Lipinski definition) is 2. The average molecular weight is 363 g/mol. The maximum Gasteiger partial charge on any atom is 0.306 e. The van der Waals surface area contributed by atoms with E-state index in [0.29, 0.717) is 43.7 Å². The molecule has 0 unspecified atom stereocenters. The van der Waals surface area contributed by atoms with Crippen LogP contribution in [0.2, 0.25) is 0 Å². The Labute approximate surface area is 154 Å². The first-order valence-electron chi connectivity index (χ1n) is 9.01. The third kappa shape index (κ3) is 4.68. The van der Waals surface area contributed by atoms with Crippen LogP contribution < -0.4 is 14.8 Å². The van der Waals surface area contributed by atoms with E-state index in [0.717, 1.165) is 5.56 Å². The van der Waals surface area contributed by atoms with Gasteiger partial charge in [0.05, 0.1) is 20.1 Å². The molecule has 0 radical (unpaired) electrons. The Balaban J connectivity index is 1.95. The SMILES string of the molecule is COc1ccc(C(C)(C)CNC(=O)C2CCC(C(=O)O)CC2)cc1OC. The van der Waals surface area contributed by atoms with Gasteiger partial charge in [-0.25, -0.2) is 0 Å². The number of ether oxygens (including phenoxy) is 2. The van der Waals surface area contributed by atoms with Crippen molar-refractivity contribution in [2.45, 2.75) is 44.9 Å². The molecule has 0 heterocycles. The summed E-state index contributed by atoms with van der Waals surface area (Å²) in [4.78, 5) is 23.5. The van der Waals surface area contributed by atoms with Gasteiger partial charge in [-0.1, -0.05) is 19.9 Å². The Hall–Kier alpha value is -2.24. The minimum Gasteiger partial charge on any atom is -0.493 e. The van der Waals surface area contributed by atoms with Gasteiger partial charge in [0.1, 0.15) is 0 Å². The van der Waals surface area contributed by atoms with Gasteiger partial charge in [-0.15, -0.1) is 0 Å². The molecule has 144 valence electrons. The predicted octanol–water partition coefficient (Wildman–Crippen LogP) is 2.99. The molecule has 1 aromatic rings. The molecule has 26 heavy (non-hydrogen) atoms. The molecule has 0 saturated heterocycles. The molecule has 0 spiro atoms. The number of methoxy groups -OCH3 is 2. The molecule has 1 aliphatic rings. The number of carbonyl (C=O) groups is 2. The van der Waals surface area contributed by atoms with Gasteiger partial charge < -0.3 is 19.9 Å². The van der Waals surface area contributed by atoms with Crippen LogP contribution >= 0.6 is 0 Å². The number of rotatable bonds is 7. The molecule has 1 aliphatic carbocycles. The molecular weight excluding hydrogens is 334 g/mol. The third-order valence-corrected chi connectivity index (χ3v) is 5.32. The molecule has 1 amide bonds. The lowest BCUT2D eigenvalue weighted by atomic mass is 9.81. The Morgan fingerprint density at radius 2 is 1.65 bits per heavy atom. The summed E-state index contributed by atoms with van der Waals surface area (Å²) in [5.41, 5.74) is 0.776. The number of nitrogens with one attached hydrogen (secondary N) is 1. The molecule has 2 rings (SSSR count). The zero-order chi connectivity index (χ0) is 19.3. The first-order chi connectivity index (χ1) is 12.3. The topological polar surface area (TPSA) is 84.9 Å². The van der Waals surface area contributed by atoms with Crippen LogP contribution in [-0.2, 0) is 15.0 Å². The highest BCUT2D eigenvalue weighted by atomic mass is 16.5. The lowest BCUT2D eigenvalue weighted by Gasteiger charge is -2.29. The molecular formula is C20H29NO5. The van der Waals surface area contributed by atoms with Crippen LogP contribution in [0, 0.1) is 11.8 Å². The van der Waals surface area contributed by atoms with Gasteiger partial charge in [-0.2, -0.15) is 0 Å². The summed E-state index contributed by atoms with van der Waals surface area (Å²) in [5.74, 6) is 0.206. The fourth-order valence-corrected chi connectivity index (χ4v) is 3.41. The highest BCUT2D eigenvalue weighted by Crippen LogP contribution is 2.33. The van der Waals surface area contributed by atoms with E-state index in [1.807, 2.05) is 18.2 Å². The summed E-state index contributed by atoms with van der Waals surface area (Å²) in [6, 6.07) is 5.78. The Kier molecular flexibility index (Phi) is 6.51. The molecule has 6 heteroatoms. The van der Waals surface area contributed by atoms with Crippen molar-refractivity contribution in [3.8, 4) is 11.5 Å². The van der Waals surface area contributed by atoms with Crippen LogP contribution in [0.25, 0.3) is 0 Å². The molecule has 1 fully saturated rings. The molecule has 0 aromatic heterocycles. The van der Waals surface area contributed by atoms with E-state index in [2.05, 4.69) is 19.2 Å². The first kappa shape index (κ1) is 20.1. The van der Waals surface area contributed by atoms with Crippen LogP contribution in [0.5, 0.6) is 11.5 Å². The Morgan fingerprint density at radius 1 is 1.08 bits per heavy atom. The van der Waals surface area contributed by atoms with E-state index in [9.17, 15) is 9.59 Å². The number of carboxylic acids is 1. The molecule has 0 aliphatic heterocycles. The van der Waals surface area contributed by atoms with Crippen molar-refractivity contribution >= 4 is 11.9 Å². The van der Waals surface area contributed by atoms with Crippen LogP contribution in [0.4, 0.5) is 0 Å². The van der Waals surface area contributed by atoms with Crippen molar-refractivity contribution in [1.82, 2.24) is 5.32 Å². The molecule has 2 N–H and O–H groups in total. The maximum absolute atomic E-state index is 12.5. The number of carbonyl (C=O) groups excluding carboxylic acids is 1. The first-order valence-corrected chi connectivity index (χ1v) is 9.01. The zero-order valence-electron chi connectivity index (χ0n) is 16.0. The van der Waals surface area contributed by atoms with Crippen molar-refractivity contribution in [2.75, 3.05) is 20.8 Å². The second kappa shape index (κ2) is 8.43. The smallest absolute Gasteiger partial charge is 0.306 e. The summed E-state index contributed by atoms with van der Waals surface area (Å²) in [6.45, 7) is 4.63. The van der Waals surface area contributed by atoms with Crippen LogP contribution in [-0.4, -0.2) is 37.7 Å². The number of hydrogen-bond acceptors (Lipinski definition) is 4. The van der Waals surface area contributed by atoms with Gasteiger partial charge in [0.2, 0.25) is 5.91 Å². The number of benzene rings is 1. The van der Waals surface area contributed by atoms with E-state index in [4.69, 9.17) is 14.6 Å². The van der Waals surface area contributed by atoms with Crippen molar-refractivity contribution in [1.29, 1.82) is 0 Å². The monoisotopic (exact) mass is 363 g/mol. The second-order valence-corrected chi connectivity index (χ2v) is 7.56. The predicted molar refractivity (Wildman–Crippen MR) is 98.7 cm³/mol. The average Bonchev–Trinajstić information content (AvgIpc) is 2.65. The standard InChI is InChI=1S/C20H29NO5/c1-20(2,15-9-10-16(25-3)17(11-15)26-4)12-21-18(22)13-5-7-14(8-6-13)19(23)24/h9-11,13-14H,5-8,12H2,1-4H3,(H,21,22)(H,23,24). The van der Waals surface area contributed by atoms with Crippen LogP contribution in [0.15, 0.2) is 18.2 Å². The van der Waals surface area contributed by atoms with Crippen LogP contribution in [0.3, 0.4) is 0 Å². The normalized spacial score (nSPS) is 20.3. The molecule has 1 aromatic carbocycles. The quantitative estimate of drug-likeness (QED) is 0.778. The van der Waals surface area contributed by atoms with E-state index >= 15 is 0 Å². The Morgan fingerprint density at radius 3 is 2.19 bits per heavy atom. The minimum atomic E-state index is -0.751. The lowest BCUT2D eigenvalue weighted by molar-refractivity contribution is -0.144. The van der Waals surface area contributed by atoms with Crippen molar-refractivity contribution in [3.63, 3.8) is 0 Å². The van der Waals surface area contributed by atoms with Gasteiger partial charge in [-0.3, -0.25) is 9.59 Å². The van der Waals surface area contributed by atoms with Gasteiger partial charge in [0.25, 0.3) is 0 Å². The summed E-state index contributed by atoms with van der Waals surface area (Å²) < 4.78 is 10.6. The summed E-state index contributed by atoms with van der Waals surface area (Å²) >= 11 is 0. The van der Waals surface area contributed by atoms with Crippen molar-refractivity contribution in [2.24, 2.45) is 11.8 Å². The maximum atomic E-state index is 12.5. The molecule has 0 atom stereocenters. The highest BCUT2D eigenvalue weighted by molar-refractivity contribution is 5.79. The molecule has 6 nitrogen and oxygen atoms in total.